The molecule has 41 heavy (non-hydrogen) atoms. The van der Waals surface area contributed by atoms with Crippen LogP contribution in [0.2, 0.25) is 0 Å². The molecule has 0 spiro atoms. The maximum atomic E-state index is 13.3. The van der Waals surface area contributed by atoms with Gasteiger partial charge in [-0.2, -0.15) is 0 Å². The van der Waals surface area contributed by atoms with Crippen molar-refractivity contribution in [2.24, 2.45) is 10.9 Å². The van der Waals surface area contributed by atoms with Crippen LogP contribution in [0.25, 0.3) is 0 Å². The number of carbonyl (C=O) groups excluding carboxylic acids is 4. The molecule has 0 aromatic carbocycles. The zero-order valence-electron chi connectivity index (χ0n) is 24.4. The molecule has 0 radical (unpaired) electrons. The summed E-state index contributed by atoms with van der Waals surface area (Å²) < 4.78 is 5.77. The number of cyclic esters (lactones) is 1. The molecule has 0 fully saturated rings. The van der Waals surface area contributed by atoms with E-state index in [1.165, 1.54) is 54.1 Å². The fourth-order valence-electron chi connectivity index (χ4n) is 4.26. The molecule has 0 saturated heterocycles. The van der Waals surface area contributed by atoms with Crippen LogP contribution in [0.3, 0.4) is 0 Å². The number of aliphatic imine (C=N–C) groups is 1. The molecule has 2 N–H and O–H groups in total. The molecule has 0 aliphatic carbocycles. The number of unbranched alkanes of at least 4 members (excludes halogenated alkanes) is 4. The van der Waals surface area contributed by atoms with E-state index in [1.807, 2.05) is 25.3 Å². The van der Waals surface area contributed by atoms with Gasteiger partial charge in [0.2, 0.25) is 11.8 Å². The number of ether oxygens (including phenoxy) is 1. The molecule has 2 aliphatic heterocycles. The number of thiazole rings is 1. The lowest BCUT2D eigenvalue weighted by atomic mass is 10.0. The van der Waals surface area contributed by atoms with Gasteiger partial charge in [-0.1, -0.05) is 64.3 Å². The largest absolute Gasteiger partial charge is 0.456 e. The SMILES string of the molecule is CCCCCCCC(=O)SCC/C=C/[C@H]1CC(=O)NCc2nc(cs2)C2=N[C@](C)(CS2)C(=O)N[C@H](C(C)C)C(=O)O1. The molecule has 2 amide bonds. The maximum Gasteiger partial charge on any atom is 0.329 e. The standard InChI is InChI=1S/C29H42N4O5S3/c1-5-6-7-8-9-13-24(35)39-14-11-10-12-20-15-22(34)30-16-23-31-21(17-40-23)26-33-29(4,18-41-26)28(37)32-25(19(2)3)27(36)38-20/h10,12,17,19-20,25H,5-9,11,13-16,18H2,1-4H3,(H,30,34)(H,32,37)/b12-10+/t20-,25+,29+/m0/s1. The highest BCUT2D eigenvalue weighted by atomic mass is 32.2. The predicted molar refractivity (Wildman–Crippen MR) is 167 cm³/mol. The number of esters is 1. The second-order valence-corrected chi connectivity index (χ2v) is 13.9. The Morgan fingerprint density at radius 3 is 2.78 bits per heavy atom. The minimum absolute atomic E-state index is 0.0661. The number of hydrogen-bond acceptors (Lipinski definition) is 10. The Morgan fingerprint density at radius 2 is 2.02 bits per heavy atom. The van der Waals surface area contributed by atoms with Crippen LogP contribution < -0.4 is 10.6 Å². The number of hydrogen-bond donors (Lipinski definition) is 2. The zero-order chi connectivity index (χ0) is 29.8. The highest BCUT2D eigenvalue weighted by molar-refractivity contribution is 8.14. The van der Waals surface area contributed by atoms with Crippen molar-refractivity contribution < 1.29 is 23.9 Å². The van der Waals surface area contributed by atoms with Gasteiger partial charge in [-0.15, -0.1) is 23.1 Å². The number of rotatable bonds is 11. The zero-order valence-corrected chi connectivity index (χ0v) is 26.9. The van der Waals surface area contributed by atoms with Gasteiger partial charge >= 0.3 is 5.97 Å². The van der Waals surface area contributed by atoms with E-state index in [2.05, 4.69) is 27.5 Å². The van der Waals surface area contributed by atoms with Crippen molar-refractivity contribution in [2.75, 3.05) is 11.5 Å². The van der Waals surface area contributed by atoms with Gasteiger partial charge in [-0.05, 0) is 31.8 Å². The van der Waals surface area contributed by atoms with E-state index in [0.29, 0.717) is 35.1 Å². The first-order chi connectivity index (χ1) is 19.6. The van der Waals surface area contributed by atoms with Crippen molar-refractivity contribution in [1.82, 2.24) is 15.6 Å². The van der Waals surface area contributed by atoms with E-state index in [0.717, 1.165) is 17.8 Å². The van der Waals surface area contributed by atoms with Crippen molar-refractivity contribution in [3.05, 3.63) is 28.2 Å². The molecule has 3 atom stereocenters. The Balaban J connectivity index is 1.66. The van der Waals surface area contributed by atoms with Gasteiger partial charge in [0.05, 0.1) is 13.0 Å². The number of amides is 2. The van der Waals surface area contributed by atoms with E-state index in [9.17, 15) is 19.2 Å². The lowest BCUT2D eigenvalue weighted by Crippen LogP contribution is -2.53. The van der Waals surface area contributed by atoms with Crippen LogP contribution >= 0.6 is 34.9 Å². The summed E-state index contributed by atoms with van der Waals surface area (Å²) >= 11 is 4.18. The molecule has 4 bridgehead atoms. The van der Waals surface area contributed by atoms with Crippen LogP contribution in [-0.2, 0) is 30.5 Å². The third-order valence-electron chi connectivity index (χ3n) is 6.78. The minimum Gasteiger partial charge on any atom is -0.456 e. The number of fused-ring (bicyclic) bond motifs is 4. The smallest absolute Gasteiger partial charge is 0.329 e. The Labute approximate surface area is 255 Å². The van der Waals surface area contributed by atoms with Gasteiger partial charge in [-0.25, -0.2) is 9.78 Å². The Kier molecular flexibility index (Phi) is 13.4. The van der Waals surface area contributed by atoms with Gasteiger partial charge in [-0.3, -0.25) is 19.4 Å². The minimum atomic E-state index is -1.04. The molecular weight excluding hydrogens is 581 g/mol. The maximum absolute atomic E-state index is 13.3. The number of thioether (sulfide) groups is 2. The third-order valence-corrected chi connectivity index (χ3v) is 9.87. The normalized spacial score (nSPS) is 23.8. The summed E-state index contributed by atoms with van der Waals surface area (Å²) in [6, 6.07) is -0.896. The second kappa shape index (κ2) is 16.5. The Hall–Kier alpha value is -2.18. The van der Waals surface area contributed by atoms with E-state index in [4.69, 9.17) is 4.74 Å². The van der Waals surface area contributed by atoms with Crippen LogP contribution in [0.1, 0.15) is 89.8 Å². The molecule has 12 heteroatoms. The summed E-state index contributed by atoms with van der Waals surface area (Å²) in [5.74, 6) is -0.424. The van der Waals surface area contributed by atoms with Crippen molar-refractivity contribution in [1.29, 1.82) is 0 Å². The fourth-order valence-corrected chi connectivity index (χ4v) is 6.96. The number of aromatic nitrogens is 1. The average Bonchev–Trinajstić information content (AvgIpc) is 3.56. The molecule has 3 rings (SSSR count). The molecule has 3 heterocycles. The van der Waals surface area contributed by atoms with Crippen LogP contribution in [0.4, 0.5) is 0 Å². The highest BCUT2D eigenvalue weighted by Gasteiger charge is 2.41. The van der Waals surface area contributed by atoms with Crippen molar-refractivity contribution in [3.63, 3.8) is 0 Å². The summed E-state index contributed by atoms with van der Waals surface area (Å²) in [6.07, 6.45) is 9.42. The van der Waals surface area contributed by atoms with E-state index in [1.54, 1.807) is 13.0 Å². The van der Waals surface area contributed by atoms with Crippen molar-refractivity contribution in [3.8, 4) is 0 Å². The second-order valence-electron chi connectivity index (χ2n) is 10.9. The van der Waals surface area contributed by atoms with Gasteiger partial charge in [0.15, 0.2) is 5.12 Å². The van der Waals surface area contributed by atoms with Crippen LogP contribution in [-0.4, -0.2) is 62.1 Å². The number of carbonyl (C=O) groups is 4. The summed E-state index contributed by atoms with van der Waals surface area (Å²) in [5.41, 5.74) is -0.354. The monoisotopic (exact) mass is 622 g/mol. The van der Waals surface area contributed by atoms with E-state index >= 15 is 0 Å². The lowest BCUT2D eigenvalue weighted by molar-refractivity contribution is -0.153. The third kappa shape index (κ3) is 10.6. The summed E-state index contributed by atoms with van der Waals surface area (Å²) in [7, 11) is 0. The van der Waals surface area contributed by atoms with Gasteiger partial charge in [0.1, 0.15) is 33.4 Å². The summed E-state index contributed by atoms with van der Waals surface area (Å²) in [4.78, 5) is 60.7. The average molecular weight is 623 g/mol. The number of nitrogens with one attached hydrogen (secondary N) is 2. The summed E-state index contributed by atoms with van der Waals surface area (Å²) in [5, 5.41) is 9.17. The number of allylic oxidation sites excluding steroid dienone is 1. The van der Waals surface area contributed by atoms with E-state index in [-0.39, 0.29) is 35.8 Å². The molecule has 0 unspecified atom stereocenters. The highest BCUT2D eigenvalue weighted by Crippen LogP contribution is 2.32. The van der Waals surface area contributed by atoms with Crippen molar-refractivity contribution in [2.45, 2.75) is 103 Å². The molecular formula is C29H42N4O5S3. The molecule has 9 nitrogen and oxygen atoms in total. The topological polar surface area (TPSA) is 127 Å². The Morgan fingerprint density at radius 1 is 1.24 bits per heavy atom. The first kappa shape index (κ1) is 33.3. The molecule has 1 aromatic rings. The van der Waals surface area contributed by atoms with Crippen LogP contribution in [0.5, 0.6) is 0 Å². The van der Waals surface area contributed by atoms with Crippen LogP contribution in [0, 0.1) is 5.92 Å². The first-order valence-electron chi connectivity index (χ1n) is 14.4. The van der Waals surface area contributed by atoms with Gasteiger partial charge in [0, 0.05) is 23.3 Å². The van der Waals surface area contributed by atoms with Gasteiger partial charge in [0.25, 0.3) is 0 Å². The first-order valence-corrected chi connectivity index (χ1v) is 17.2. The quantitative estimate of drug-likeness (QED) is 0.200. The molecule has 0 saturated carbocycles. The van der Waals surface area contributed by atoms with Crippen LogP contribution in [0.15, 0.2) is 22.5 Å². The Bertz CT molecular complexity index is 1140. The number of nitrogens with zero attached hydrogens (tertiary/aromatic N) is 2. The molecule has 2 aliphatic rings. The lowest BCUT2D eigenvalue weighted by Gasteiger charge is -2.27. The molecule has 226 valence electrons. The summed E-state index contributed by atoms with van der Waals surface area (Å²) in [6.45, 7) is 7.83. The fraction of sp³-hybridized carbons (Fsp3) is 0.655. The van der Waals surface area contributed by atoms with E-state index < -0.39 is 23.7 Å². The predicted octanol–water partition coefficient (Wildman–Crippen LogP) is 5.03. The molecule has 1 aromatic heterocycles. The van der Waals surface area contributed by atoms with Gasteiger partial charge < -0.3 is 15.4 Å². The van der Waals surface area contributed by atoms with Crippen molar-refractivity contribution >= 4 is 62.8 Å².